The predicted octanol–water partition coefficient (Wildman–Crippen LogP) is 3.36. The standard InChI is InChI=1S/C21H24N2O2/c22-21(24)19-8-4-5-9-20(19)25-18-12-16-10-11-17(13-18)23(16)14-15-6-2-1-3-7-15/h1-9,16-18H,10-14H2,(H2,22,24)/t16-,17+,18?. The number of rotatable bonds is 5. The zero-order chi connectivity index (χ0) is 17.2. The second kappa shape index (κ2) is 6.89. The quantitative estimate of drug-likeness (QED) is 0.911. The van der Waals surface area contributed by atoms with Gasteiger partial charge in [0.05, 0.1) is 5.56 Å². The first-order valence-corrected chi connectivity index (χ1v) is 9.06. The van der Waals surface area contributed by atoms with Crippen LogP contribution < -0.4 is 10.5 Å². The van der Waals surface area contributed by atoms with Crippen molar-refractivity contribution >= 4 is 5.91 Å². The smallest absolute Gasteiger partial charge is 0.252 e. The molecule has 1 unspecified atom stereocenters. The molecule has 0 aliphatic carbocycles. The lowest BCUT2D eigenvalue weighted by molar-refractivity contribution is 0.0440. The molecule has 4 rings (SSSR count). The monoisotopic (exact) mass is 336 g/mol. The number of fused-ring (bicyclic) bond motifs is 2. The van der Waals surface area contributed by atoms with Crippen molar-refractivity contribution in [3.8, 4) is 5.75 Å². The Bertz CT molecular complexity index is 733. The van der Waals surface area contributed by atoms with Crippen LogP contribution in [0.25, 0.3) is 0 Å². The van der Waals surface area contributed by atoms with Crippen LogP contribution in [0.2, 0.25) is 0 Å². The number of nitrogens with two attached hydrogens (primary N) is 1. The number of piperidine rings is 1. The van der Waals surface area contributed by atoms with Crippen LogP contribution >= 0.6 is 0 Å². The summed E-state index contributed by atoms with van der Waals surface area (Å²) >= 11 is 0. The van der Waals surface area contributed by atoms with Crippen molar-refractivity contribution in [2.45, 2.75) is 50.4 Å². The fourth-order valence-electron chi connectivity index (χ4n) is 4.33. The number of carbonyl (C=O) groups excluding carboxylic acids is 1. The number of carbonyl (C=O) groups is 1. The molecule has 0 radical (unpaired) electrons. The second-order valence-electron chi connectivity index (χ2n) is 7.11. The Balaban J connectivity index is 1.44. The molecule has 2 heterocycles. The number of primary amides is 1. The average molecular weight is 336 g/mol. The van der Waals surface area contributed by atoms with Gasteiger partial charge in [-0.25, -0.2) is 0 Å². The molecule has 0 saturated carbocycles. The van der Waals surface area contributed by atoms with E-state index < -0.39 is 5.91 Å². The molecule has 4 heteroatoms. The van der Waals surface area contributed by atoms with E-state index in [0.29, 0.717) is 23.4 Å². The van der Waals surface area contributed by atoms with E-state index in [2.05, 4.69) is 35.2 Å². The Morgan fingerprint density at radius 1 is 1.00 bits per heavy atom. The summed E-state index contributed by atoms with van der Waals surface area (Å²) in [5.74, 6) is 0.191. The number of para-hydroxylation sites is 1. The first kappa shape index (κ1) is 16.2. The maximum atomic E-state index is 11.6. The normalized spacial score (nSPS) is 25.7. The van der Waals surface area contributed by atoms with E-state index in [1.54, 1.807) is 6.07 Å². The van der Waals surface area contributed by atoms with Crippen LogP contribution in [-0.2, 0) is 6.54 Å². The Kier molecular flexibility index (Phi) is 4.45. The number of amides is 1. The highest BCUT2D eigenvalue weighted by atomic mass is 16.5. The second-order valence-corrected chi connectivity index (χ2v) is 7.11. The van der Waals surface area contributed by atoms with Crippen LogP contribution in [-0.4, -0.2) is 29.0 Å². The van der Waals surface area contributed by atoms with Crippen LogP contribution in [0.3, 0.4) is 0 Å². The number of hydrogen-bond donors (Lipinski definition) is 1. The van der Waals surface area contributed by atoms with Gasteiger partial charge >= 0.3 is 0 Å². The van der Waals surface area contributed by atoms with Gasteiger partial charge in [0.2, 0.25) is 0 Å². The Hall–Kier alpha value is -2.33. The topological polar surface area (TPSA) is 55.6 Å². The van der Waals surface area contributed by atoms with Crippen LogP contribution in [0.4, 0.5) is 0 Å². The molecule has 0 spiro atoms. The molecule has 4 nitrogen and oxygen atoms in total. The molecular formula is C21H24N2O2. The van der Waals surface area contributed by atoms with Gasteiger partial charge in [-0.15, -0.1) is 0 Å². The minimum absolute atomic E-state index is 0.157. The van der Waals surface area contributed by atoms with E-state index in [9.17, 15) is 4.79 Å². The zero-order valence-corrected chi connectivity index (χ0v) is 14.3. The Morgan fingerprint density at radius 2 is 1.64 bits per heavy atom. The third kappa shape index (κ3) is 3.40. The van der Waals surface area contributed by atoms with Gasteiger partial charge in [0.1, 0.15) is 11.9 Å². The molecule has 2 N–H and O–H groups in total. The van der Waals surface area contributed by atoms with Gasteiger partial charge in [-0.1, -0.05) is 42.5 Å². The summed E-state index contributed by atoms with van der Waals surface area (Å²) < 4.78 is 6.20. The average Bonchev–Trinajstić information content (AvgIpc) is 2.85. The fraction of sp³-hybridized carbons (Fsp3) is 0.381. The summed E-state index contributed by atoms with van der Waals surface area (Å²) in [5, 5.41) is 0. The van der Waals surface area contributed by atoms with Gasteiger partial charge in [0, 0.05) is 18.6 Å². The van der Waals surface area contributed by atoms with Gasteiger partial charge in [-0.05, 0) is 43.4 Å². The van der Waals surface area contributed by atoms with Crippen molar-refractivity contribution in [2.75, 3.05) is 0 Å². The van der Waals surface area contributed by atoms with E-state index in [0.717, 1.165) is 19.4 Å². The van der Waals surface area contributed by atoms with Gasteiger partial charge in [-0.3, -0.25) is 9.69 Å². The summed E-state index contributed by atoms with van der Waals surface area (Å²) in [4.78, 5) is 14.2. The van der Waals surface area contributed by atoms with Gasteiger partial charge in [0.15, 0.2) is 0 Å². The van der Waals surface area contributed by atoms with Crippen molar-refractivity contribution in [3.63, 3.8) is 0 Å². The summed E-state index contributed by atoms with van der Waals surface area (Å²) in [6.07, 6.45) is 4.64. The molecule has 3 atom stereocenters. The minimum Gasteiger partial charge on any atom is -0.489 e. The van der Waals surface area contributed by atoms with Crippen LogP contribution in [0.15, 0.2) is 54.6 Å². The number of ether oxygens (including phenoxy) is 1. The zero-order valence-electron chi connectivity index (χ0n) is 14.3. The van der Waals surface area contributed by atoms with E-state index in [1.807, 2.05) is 18.2 Å². The van der Waals surface area contributed by atoms with Crippen molar-refractivity contribution in [1.29, 1.82) is 0 Å². The molecule has 1 amide bonds. The molecule has 2 fully saturated rings. The number of nitrogens with zero attached hydrogens (tertiary/aromatic N) is 1. The highest BCUT2D eigenvalue weighted by Crippen LogP contribution is 2.38. The van der Waals surface area contributed by atoms with Crippen molar-refractivity contribution in [2.24, 2.45) is 5.73 Å². The highest BCUT2D eigenvalue weighted by molar-refractivity contribution is 5.95. The maximum absolute atomic E-state index is 11.6. The molecule has 2 aliphatic rings. The third-order valence-electron chi connectivity index (χ3n) is 5.50. The van der Waals surface area contributed by atoms with E-state index >= 15 is 0 Å². The summed E-state index contributed by atoms with van der Waals surface area (Å²) in [7, 11) is 0. The molecule has 2 aromatic rings. The molecule has 2 aromatic carbocycles. The van der Waals surface area contributed by atoms with Gasteiger partial charge in [0.25, 0.3) is 5.91 Å². The number of hydrogen-bond acceptors (Lipinski definition) is 3. The van der Waals surface area contributed by atoms with Gasteiger partial charge < -0.3 is 10.5 Å². The molecule has 0 aromatic heterocycles. The molecular weight excluding hydrogens is 312 g/mol. The van der Waals surface area contributed by atoms with Crippen LogP contribution in [0.1, 0.15) is 41.6 Å². The van der Waals surface area contributed by atoms with Crippen molar-refractivity contribution in [3.05, 3.63) is 65.7 Å². The lowest BCUT2D eigenvalue weighted by Crippen LogP contribution is -2.45. The highest BCUT2D eigenvalue weighted by Gasteiger charge is 2.41. The van der Waals surface area contributed by atoms with Gasteiger partial charge in [-0.2, -0.15) is 0 Å². The third-order valence-corrected chi connectivity index (χ3v) is 5.50. The van der Waals surface area contributed by atoms with Crippen molar-refractivity contribution in [1.82, 2.24) is 4.90 Å². The SMILES string of the molecule is NC(=O)c1ccccc1OC1C[C@H]2CC[C@@H](C1)N2Cc1ccccc1. The van der Waals surface area contributed by atoms with Crippen LogP contribution in [0, 0.1) is 0 Å². The summed E-state index contributed by atoms with van der Waals surface area (Å²) in [6.45, 7) is 1.01. The Morgan fingerprint density at radius 3 is 2.32 bits per heavy atom. The van der Waals surface area contributed by atoms with E-state index in [1.165, 1.54) is 18.4 Å². The molecule has 2 saturated heterocycles. The maximum Gasteiger partial charge on any atom is 0.252 e. The fourth-order valence-corrected chi connectivity index (χ4v) is 4.33. The Labute approximate surface area is 148 Å². The summed E-state index contributed by atoms with van der Waals surface area (Å²) in [6, 6.07) is 19.1. The molecule has 2 bridgehead atoms. The first-order valence-electron chi connectivity index (χ1n) is 9.06. The molecule has 130 valence electrons. The number of benzene rings is 2. The van der Waals surface area contributed by atoms with E-state index in [-0.39, 0.29) is 6.10 Å². The van der Waals surface area contributed by atoms with E-state index in [4.69, 9.17) is 10.5 Å². The predicted molar refractivity (Wildman–Crippen MR) is 97.4 cm³/mol. The minimum atomic E-state index is -0.430. The summed E-state index contributed by atoms with van der Waals surface area (Å²) in [5.41, 5.74) is 7.31. The lowest BCUT2D eigenvalue weighted by atomic mass is 9.98. The van der Waals surface area contributed by atoms with Crippen molar-refractivity contribution < 1.29 is 9.53 Å². The molecule has 2 aliphatic heterocycles. The molecule has 25 heavy (non-hydrogen) atoms. The first-order chi connectivity index (χ1) is 12.2. The largest absolute Gasteiger partial charge is 0.489 e. The van der Waals surface area contributed by atoms with Crippen LogP contribution in [0.5, 0.6) is 5.75 Å². The lowest BCUT2D eigenvalue weighted by Gasteiger charge is -2.39.